The van der Waals surface area contributed by atoms with E-state index in [1.807, 2.05) is 36.0 Å². The largest absolute Gasteiger partial charge is 0.496 e. The summed E-state index contributed by atoms with van der Waals surface area (Å²) in [5, 5.41) is 14.4. The fourth-order valence-electron chi connectivity index (χ4n) is 3.00. The zero-order valence-corrected chi connectivity index (χ0v) is 15.3. The predicted molar refractivity (Wildman–Crippen MR) is 102 cm³/mol. The van der Waals surface area contributed by atoms with Crippen molar-refractivity contribution >= 4 is 29.0 Å². The maximum absolute atomic E-state index is 12.5. The first-order valence-electron chi connectivity index (χ1n) is 8.47. The van der Waals surface area contributed by atoms with Crippen LogP contribution in [-0.4, -0.2) is 23.2 Å². The van der Waals surface area contributed by atoms with E-state index in [4.69, 9.17) is 4.74 Å². The van der Waals surface area contributed by atoms with Gasteiger partial charge in [0.15, 0.2) is 0 Å². The Morgan fingerprint density at radius 2 is 1.88 bits per heavy atom. The second-order valence-electron chi connectivity index (χ2n) is 6.14. The molecule has 0 radical (unpaired) electrons. The van der Waals surface area contributed by atoms with Crippen LogP contribution in [0, 0.1) is 10.1 Å². The molecular weight excluding hydrogens is 352 g/mol. The van der Waals surface area contributed by atoms with Gasteiger partial charge in [-0.15, -0.1) is 11.8 Å². The van der Waals surface area contributed by atoms with Gasteiger partial charge in [0.1, 0.15) is 5.75 Å². The van der Waals surface area contributed by atoms with Crippen molar-refractivity contribution < 1.29 is 14.5 Å². The van der Waals surface area contributed by atoms with E-state index in [2.05, 4.69) is 5.32 Å². The number of amides is 1. The minimum atomic E-state index is -0.536. The number of hydrogen-bond donors (Lipinski definition) is 1. The molecule has 2 aromatic carbocycles. The number of anilines is 1. The summed E-state index contributed by atoms with van der Waals surface area (Å²) in [4.78, 5) is 24.1. The van der Waals surface area contributed by atoms with Crippen molar-refractivity contribution in [1.82, 2.24) is 0 Å². The summed E-state index contributed by atoms with van der Waals surface area (Å²) in [7, 11) is 1.42. The summed E-state index contributed by atoms with van der Waals surface area (Å²) < 4.78 is 5.15. The number of benzene rings is 2. The van der Waals surface area contributed by atoms with Crippen LogP contribution in [0.25, 0.3) is 0 Å². The van der Waals surface area contributed by atoms with Crippen LogP contribution >= 0.6 is 11.8 Å². The summed E-state index contributed by atoms with van der Waals surface area (Å²) in [5.41, 5.74) is 0.615. The highest BCUT2D eigenvalue weighted by Crippen LogP contribution is 2.35. The Kier molecular flexibility index (Phi) is 5.78. The molecular formula is C19H20N2O4S. The molecule has 0 atom stereocenters. The third-order valence-electron chi connectivity index (χ3n) is 4.36. The smallest absolute Gasteiger partial charge is 0.270 e. The van der Waals surface area contributed by atoms with Crippen LogP contribution in [0.3, 0.4) is 0 Å². The van der Waals surface area contributed by atoms with Gasteiger partial charge < -0.3 is 10.1 Å². The van der Waals surface area contributed by atoms with Crippen molar-refractivity contribution in [3.8, 4) is 5.75 Å². The summed E-state index contributed by atoms with van der Waals surface area (Å²) in [6.45, 7) is 0. The lowest BCUT2D eigenvalue weighted by Gasteiger charge is -2.11. The third-order valence-corrected chi connectivity index (χ3v) is 5.70. The van der Waals surface area contributed by atoms with Gasteiger partial charge in [0.25, 0.3) is 11.6 Å². The Balaban J connectivity index is 1.71. The van der Waals surface area contributed by atoms with Gasteiger partial charge in [-0.1, -0.05) is 12.8 Å². The van der Waals surface area contributed by atoms with Crippen LogP contribution in [0.2, 0.25) is 0 Å². The highest BCUT2D eigenvalue weighted by Gasteiger charge is 2.18. The molecule has 3 rings (SSSR count). The van der Waals surface area contributed by atoms with Crippen LogP contribution in [0.1, 0.15) is 36.0 Å². The Bertz CT molecular complexity index is 802. The molecule has 1 aliphatic carbocycles. The number of rotatable bonds is 6. The number of ether oxygens (including phenoxy) is 1. The van der Waals surface area contributed by atoms with E-state index >= 15 is 0 Å². The molecule has 0 unspecified atom stereocenters. The number of nitro groups is 1. The maximum Gasteiger partial charge on any atom is 0.270 e. The molecule has 6 nitrogen and oxygen atoms in total. The van der Waals surface area contributed by atoms with Crippen molar-refractivity contribution in [2.45, 2.75) is 35.8 Å². The average Bonchev–Trinajstić information content (AvgIpc) is 3.15. The lowest BCUT2D eigenvalue weighted by atomic mass is 10.1. The number of nitrogens with one attached hydrogen (secondary N) is 1. The minimum Gasteiger partial charge on any atom is -0.496 e. The van der Waals surface area contributed by atoms with Gasteiger partial charge in [-0.3, -0.25) is 14.9 Å². The standard InChI is InChI=1S/C19H20N2O4S/c1-25-18-11-8-14(21(23)24)12-17(18)19(22)20-13-6-9-16(10-7-13)26-15-4-2-3-5-15/h6-12,15H,2-5H2,1H3,(H,20,22). The summed E-state index contributed by atoms with van der Waals surface area (Å²) in [5.74, 6) is -0.150. The van der Waals surface area contributed by atoms with Crippen molar-refractivity contribution in [2.75, 3.05) is 12.4 Å². The van der Waals surface area contributed by atoms with Crippen molar-refractivity contribution in [1.29, 1.82) is 0 Å². The van der Waals surface area contributed by atoms with E-state index in [0.717, 1.165) is 0 Å². The quantitative estimate of drug-likeness (QED) is 0.577. The number of carbonyl (C=O) groups is 1. The van der Waals surface area contributed by atoms with Gasteiger partial charge in [-0.2, -0.15) is 0 Å². The average molecular weight is 372 g/mol. The zero-order chi connectivity index (χ0) is 18.5. The molecule has 1 fully saturated rings. The molecule has 2 aromatic rings. The molecule has 0 saturated heterocycles. The van der Waals surface area contributed by atoms with Crippen LogP contribution in [0.5, 0.6) is 5.75 Å². The fraction of sp³-hybridized carbons (Fsp3) is 0.316. The van der Waals surface area contributed by atoms with Gasteiger partial charge in [0.2, 0.25) is 0 Å². The van der Waals surface area contributed by atoms with E-state index < -0.39 is 10.8 Å². The molecule has 0 spiro atoms. The molecule has 1 aliphatic rings. The number of carbonyl (C=O) groups excluding carboxylic acids is 1. The number of thioether (sulfide) groups is 1. The van der Waals surface area contributed by atoms with Crippen molar-refractivity contribution in [3.05, 3.63) is 58.1 Å². The molecule has 1 saturated carbocycles. The van der Waals surface area contributed by atoms with Gasteiger partial charge in [0.05, 0.1) is 17.6 Å². The number of nitrogens with zero attached hydrogens (tertiary/aromatic N) is 1. The Labute approximate surface area is 156 Å². The number of nitro benzene ring substituents is 1. The Morgan fingerprint density at radius 1 is 1.19 bits per heavy atom. The highest BCUT2D eigenvalue weighted by molar-refractivity contribution is 8.00. The van der Waals surface area contributed by atoms with Crippen LogP contribution < -0.4 is 10.1 Å². The van der Waals surface area contributed by atoms with Gasteiger partial charge in [0, 0.05) is 28.0 Å². The molecule has 7 heteroatoms. The summed E-state index contributed by atoms with van der Waals surface area (Å²) in [6.07, 6.45) is 5.12. The lowest BCUT2D eigenvalue weighted by molar-refractivity contribution is -0.384. The van der Waals surface area contributed by atoms with Crippen LogP contribution in [0.4, 0.5) is 11.4 Å². The van der Waals surface area contributed by atoms with E-state index in [1.165, 1.54) is 55.9 Å². The van der Waals surface area contributed by atoms with Gasteiger partial charge in [-0.25, -0.2) is 0 Å². The molecule has 0 aliphatic heterocycles. The number of hydrogen-bond acceptors (Lipinski definition) is 5. The molecule has 1 N–H and O–H groups in total. The maximum atomic E-state index is 12.5. The topological polar surface area (TPSA) is 81.5 Å². The molecule has 1 amide bonds. The predicted octanol–water partition coefficient (Wildman–Crippen LogP) is 4.89. The van der Waals surface area contributed by atoms with E-state index in [0.29, 0.717) is 16.7 Å². The zero-order valence-electron chi connectivity index (χ0n) is 14.4. The lowest BCUT2D eigenvalue weighted by Crippen LogP contribution is -2.13. The number of non-ortho nitro benzene ring substituents is 1. The minimum absolute atomic E-state index is 0.131. The molecule has 0 bridgehead atoms. The number of methoxy groups -OCH3 is 1. The van der Waals surface area contributed by atoms with Crippen LogP contribution in [0.15, 0.2) is 47.4 Å². The second kappa shape index (κ2) is 8.23. The Morgan fingerprint density at radius 3 is 2.50 bits per heavy atom. The first-order valence-corrected chi connectivity index (χ1v) is 9.35. The van der Waals surface area contributed by atoms with E-state index in [9.17, 15) is 14.9 Å². The summed E-state index contributed by atoms with van der Waals surface area (Å²) >= 11 is 1.88. The van der Waals surface area contributed by atoms with Gasteiger partial charge >= 0.3 is 0 Å². The molecule has 0 heterocycles. The first-order chi connectivity index (χ1) is 12.6. The summed E-state index contributed by atoms with van der Waals surface area (Å²) in [6, 6.07) is 11.6. The normalized spacial score (nSPS) is 14.2. The van der Waals surface area contributed by atoms with Gasteiger partial charge in [-0.05, 0) is 43.2 Å². The third kappa shape index (κ3) is 4.35. The van der Waals surface area contributed by atoms with E-state index in [-0.39, 0.29) is 11.3 Å². The fourth-order valence-corrected chi connectivity index (χ4v) is 4.25. The second-order valence-corrected chi connectivity index (χ2v) is 7.52. The van der Waals surface area contributed by atoms with Crippen LogP contribution in [-0.2, 0) is 0 Å². The van der Waals surface area contributed by atoms with Crippen molar-refractivity contribution in [2.24, 2.45) is 0 Å². The Hall–Kier alpha value is -2.54. The SMILES string of the molecule is COc1ccc([N+](=O)[O-])cc1C(=O)Nc1ccc(SC2CCCC2)cc1. The molecule has 136 valence electrons. The van der Waals surface area contributed by atoms with Crippen molar-refractivity contribution in [3.63, 3.8) is 0 Å². The molecule has 26 heavy (non-hydrogen) atoms. The highest BCUT2D eigenvalue weighted by atomic mass is 32.2. The monoisotopic (exact) mass is 372 g/mol. The molecule has 0 aromatic heterocycles. The van der Waals surface area contributed by atoms with E-state index in [1.54, 1.807) is 0 Å². The first kappa shape index (κ1) is 18.3.